The van der Waals surface area contributed by atoms with Crippen LogP contribution in [0.3, 0.4) is 0 Å². The molecule has 0 aromatic heterocycles. The molecule has 0 unspecified atom stereocenters. The molecule has 0 amide bonds. The van der Waals surface area contributed by atoms with E-state index in [2.05, 4.69) is 5.92 Å². The number of esters is 1. The van der Waals surface area contributed by atoms with Crippen molar-refractivity contribution in [3.05, 3.63) is 59.7 Å². The average molecular weight is 296 g/mol. The van der Waals surface area contributed by atoms with Gasteiger partial charge in [0.25, 0.3) is 0 Å². The molecule has 0 aliphatic heterocycles. The Morgan fingerprint density at radius 1 is 1.09 bits per heavy atom. The summed E-state index contributed by atoms with van der Waals surface area (Å²) in [6.45, 7) is 0. The Hall–Kier alpha value is -2.93. The van der Waals surface area contributed by atoms with Crippen molar-refractivity contribution in [3.8, 4) is 23.8 Å². The fourth-order valence-electron chi connectivity index (χ4n) is 1.97. The van der Waals surface area contributed by atoms with E-state index in [1.165, 1.54) is 14.2 Å². The van der Waals surface area contributed by atoms with Crippen LogP contribution in [0.15, 0.2) is 48.5 Å². The molecule has 2 rings (SSSR count). The van der Waals surface area contributed by atoms with Crippen molar-refractivity contribution in [2.24, 2.45) is 0 Å². The summed E-state index contributed by atoms with van der Waals surface area (Å²) in [6, 6.07) is 14.0. The number of terminal acetylenes is 1. The van der Waals surface area contributed by atoms with Crippen LogP contribution < -0.4 is 9.47 Å². The molecule has 0 radical (unpaired) electrons. The van der Waals surface area contributed by atoms with Crippen LogP contribution >= 0.6 is 0 Å². The van der Waals surface area contributed by atoms with Crippen LogP contribution in [0.5, 0.6) is 11.5 Å². The van der Waals surface area contributed by atoms with E-state index < -0.39 is 12.1 Å². The molecule has 4 nitrogen and oxygen atoms in total. The zero-order valence-electron chi connectivity index (χ0n) is 12.4. The summed E-state index contributed by atoms with van der Waals surface area (Å²) in [6.07, 6.45) is 4.72. The maximum atomic E-state index is 12.4. The molecule has 0 spiro atoms. The predicted octanol–water partition coefficient (Wildman–Crippen LogP) is 3.24. The van der Waals surface area contributed by atoms with Gasteiger partial charge in [0.1, 0.15) is 17.1 Å². The summed E-state index contributed by atoms with van der Waals surface area (Å²) in [5.41, 5.74) is 0.998. The maximum Gasteiger partial charge on any atom is 0.343 e. The lowest BCUT2D eigenvalue weighted by atomic mass is 10.1. The summed E-state index contributed by atoms with van der Waals surface area (Å²) in [4.78, 5) is 12.4. The van der Waals surface area contributed by atoms with Crippen molar-refractivity contribution in [2.75, 3.05) is 14.2 Å². The first-order valence-corrected chi connectivity index (χ1v) is 6.63. The van der Waals surface area contributed by atoms with Gasteiger partial charge < -0.3 is 14.2 Å². The molecule has 0 fully saturated rings. The highest BCUT2D eigenvalue weighted by Crippen LogP contribution is 2.27. The molecule has 112 valence electrons. The smallest absolute Gasteiger partial charge is 0.343 e. The predicted molar refractivity (Wildman–Crippen MR) is 83.0 cm³/mol. The molecule has 0 heterocycles. The Kier molecular flexibility index (Phi) is 5.05. The van der Waals surface area contributed by atoms with E-state index in [-0.39, 0.29) is 5.56 Å². The second kappa shape index (κ2) is 7.19. The third kappa shape index (κ3) is 3.39. The van der Waals surface area contributed by atoms with E-state index in [1.807, 2.05) is 18.2 Å². The molecule has 0 saturated heterocycles. The lowest BCUT2D eigenvalue weighted by molar-refractivity contribution is 0.0404. The van der Waals surface area contributed by atoms with Gasteiger partial charge in [-0.05, 0) is 18.2 Å². The second-order valence-corrected chi connectivity index (χ2v) is 4.43. The minimum atomic E-state index is -0.760. The van der Waals surface area contributed by atoms with Crippen LogP contribution in [0.1, 0.15) is 22.0 Å². The van der Waals surface area contributed by atoms with Crippen molar-refractivity contribution < 1.29 is 19.0 Å². The summed E-state index contributed by atoms with van der Waals surface area (Å²) in [5, 5.41) is 0. The molecule has 0 saturated carbocycles. The molecule has 4 heteroatoms. The number of hydrogen-bond donors (Lipinski definition) is 0. The zero-order valence-corrected chi connectivity index (χ0v) is 12.4. The third-order valence-electron chi connectivity index (χ3n) is 3.11. The Balaban J connectivity index is 2.26. The molecule has 22 heavy (non-hydrogen) atoms. The quantitative estimate of drug-likeness (QED) is 0.627. The first kappa shape index (κ1) is 15.5. The Morgan fingerprint density at radius 3 is 2.41 bits per heavy atom. The third-order valence-corrected chi connectivity index (χ3v) is 3.11. The Morgan fingerprint density at radius 2 is 1.82 bits per heavy atom. The van der Waals surface area contributed by atoms with Crippen molar-refractivity contribution in [2.45, 2.75) is 6.10 Å². The van der Waals surface area contributed by atoms with Crippen LogP contribution in [-0.4, -0.2) is 20.2 Å². The fourth-order valence-corrected chi connectivity index (χ4v) is 1.97. The van der Waals surface area contributed by atoms with Crippen LogP contribution in [0, 0.1) is 12.3 Å². The van der Waals surface area contributed by atoms with Crippen LogP contribution in [0.2, 0.25) is 0 Å². The number of methoxy groups -OCH3 is 2. The summed E-state index contributed by atoms with van der Waals surface area (Å²) in [7, 11) is 3.00. The summed E-state index contributed by atoms with van der Waals surface area (Å²) >= 11 is 0. The Bertz CT molecular complexity index is 686. The maximum absolute atomic E-state index is 12.4. The minimum absolute atomic E-state index is 0.262. The van der Waals surface area contributed by atoms with Gasteiger partial charge in [0, 0.05) is 5.56 Å². The van der Waals surface area contributed by atoms with Crippen LogP contribution in [0.4, 0.5) is 0 Å². The van der Waals surface area contributed by atoms with Gasteiger partial charge in [-0.15, -0.1) is 6.42 Å². The van der Waals surface area contributed by atoms with Gasteiger partial charge in [-0.2, -0.15) is 0 Å². The summed E-state index contributed by atoms with van der Waals surface area (Å²) in [5.74, 6) is 2.83. The van der Waals surface area contributed by atoms with E-state index >= 15 is 0 Å². The zero-order chi connectivity index (χ0) is 15.9. The van der Waals surface area contributed by atoms with Crippen molar-refractivity contribution in [1.29, 1.82) is 0 Å². The van der Waals surface area contributed by atoms with Gasteiger partial charge in [-0.3, -0.25) is 0 Å². The van der Waals surface area contributed by atoms with E-state index in [0.29, 0.717) is 11.5 Å². The van der Waals surface area contributed by atoms with E-state index in [0.717, 1.165) is 5.56 Å². The van der Waals surface area contributed by atoms with Gasteiger partial charge >= 0.3 is 5.97 Å². The first-order valence-electron chi connectivity index (χ1n) is 6.63. The summed E-state index contributed by atoms with van der Waals surface area (Å²) < 4.78 is 15.7. The van der Waals surface area contributed by atoms with Gasteiger partial charge in [0.2, 0.25) is 0 Å². The molecular weight excluding hydrogens is 280 g/mol. The van der Waals surface area contributed by atoms with Crippen molar-refractivity contribution in [1.82, 2.24) is 0 Å². The molecule has 2 aromatic carbocycles. The van der Waals surface area contributed by atoms with Crippen molar-refractivity contribution in [3.63, 3.8) is 0 Å². The first-order chi connectivity index (χ1) is 10.7. The molecule has 0 bridgehead atoms. The molecule has 0 aliphatic carbocycles. The van der Waals surface area contributed by atoms with Crippen molar-refractivity contribution >= 4 is 5.97 Å². The normalized spacial score (nSPS) is 11.1. The van der Waals surface area contributed by atoms with E-state index in [9.17, 15) is 4.79 Å². The van der Waals surface area contributed by atoms with E-state index in [4.69, 9.17) is 20.6 Å². The second-order valence-electron chi connectivity index (χ2n) is 4.43. The molecule has 0 aliphatic rings. The number of hydrogen-bond acceptors (Lipinski definition) is 4. The highest BCUT2D eigenvalue weighted by atomic mass is 16.5. The number of ether oxygens (including phenoxy) is 3. The van der Waals surface area contributed by atoms with Gasteiger partial charge in [0.05, 0.1) is 14.2 Å². The van der Waals surface area contributed by atoms with Crippen LogP contribution in [0.25, 0.3) is 0 Å². The monoisotopic (exact) mass is 296 g/mol. The molecular formula is C18H16O4. The van der Waals surface area contributed by atoms with Gasteiger partial charge in [0.15, 0.2) is 6.10 Å². The number of benzene rings is 2. The fraction of sp³-hybridized carbons (Fsp3) is 0.167. The lowest BCUT2D eigenvalue weighted by Gasteiger charge is -2.14. The number of carbonyl (C=O) groups is 1. The lowest BCUT2D eigenvalue weighted by Crippen LogP contribution is -2.11. The van der Waals surface area contributed by atoms with Gasteiger partial charge in [-0.25, -0.2) is 4.79 Å². The highest BCUT2D eigenvalue weighted by Gasteiger charge is 2.19. The standard InChI is InChI=1S/C18H16O4/c1-4-16(13-8-6-5-7-9-13)22-18(19)15-12-14(20-2)10-11-17(15)21-3/h1,5-12,16H,2-3H3/t16-/m0/s1. The highest BCUT2D eigenvalue weighted by molar-refractivity contribution is 5.93. The topological polar surface area (TPSA) is 44.8 Å². The molecule has 0 N–H and O–H groups in total. The molecule has 1 atom stereocenters. The van der Waals surface area contributed by atoms with Crippen LogP contribution in [-0.2, 0) is 4.74 Å². The molecule has 2 aromatic rings. The van der Waals surface area contributed by atoms with E-state index in [1.54, 1.807) is 30.3 Å². The van der Waals surface area contributed by atoms with Gasteiger partial charge in [-0.1, -0.05) is 36.3 Å². The average Bonchev–Trinajstić information content (AvgIpc) is 2.59. The number of carbonyl (C=O) groups excluding carboxylic acids is 1. The Labute approximate surface area is 129 Å². The minimum Gasteiger partial charge on any atom is -0.497 e. The number of rotatable bonds is 5. The largest absolute Gasteiger partial charge is 0.497 e. The SMILES string of the molecule is C#C[C@H](OC(=O)c1cc(OC)ccc1OC)c1ccccc1.